The van der Waals surface area contributed by atoms with Crippen molar-refractivity contribution < 1.29 is 9.90 Å². The Bertz CT molecular complexity index is 907. The van der Waals surface area contributed by atoms with E-state index < -0.39 is 6.10 Å². The maximum absolute atomic E-state index is 11.4. The predicted molar refractivity (Wildman–Crippen MR) is 98.4 cm³/mol. The molecule has 2 N–H and O–H groups in total. The number of aliphatic hydroxyl groups is 1. The van der Waals surface area contributed by atoms with E-state index in [0.29, 0.717) is 23.0 Å². The lowest BCUT2D eigenvalue weighted by Crippen LogP contribution is -2.27. The van der Waals surface area contributed by atoms with Gasteiger partial charge in [0, 0.05) is 17.5 Å². The van der Waals surface area contributed by atoms with Crippen molar-refractivity contribution in [1.82, 2.24) is 14.9 Å². The van der Waals surface area contributed by atoms with Crippen LogP contribution in [0.4, 0.5) is 0 Å². The van der Waals surface area contributed by atoms with Gasteiger partial charge in [-0.1, -0.05) is 41.9 Å². The van der Waals surface area contributed by atoms with E-state index in [1.165, 1.54) is 6.92 Å². The van der Waals surface area contributed by atoms with E-state index in [9.17, 15) is 9.90 Å². The Kier molecular flexibility index (Phi) is 5.06. The van der Waals surface area contributed by atoms with Crippen LogP contribution in [-0.4, -0.2) is 20.6 Å². The highest BCUT2D eigenvalue weighted by Crippen LogP contribution is 2.27. The number of amides is 1. The van der Waals surface area contributed by atoms with Crippen LogP contribution in [0.3, 0.4) is 0 Å². The molecule has 1 unspecified atom stereocenters. The van der Waals surface area contributed by atoms with Crippen molar-refractivity contribution in [3.63, 3.8) is 0 Å². The van der Waals surface area contributed by atoms with Crippen LogP contribution < -0.4 is 5.32 Å². The lowest BCUT2D eigenvalue weighted by molar-refractivity contribution is -0.119. The van der Waals surface area contributed by atoms with E-state index in [1.807, 2.05) is 54.0 Å². The van der Waals surface area contributed by atoms with Gasteiger partial charge < -0.3 is 15.0 Å². The second-order valence-corrected chi connectivity index (χ2v) is 6.44. The number of aromatic nitrogens is 2. The van der Waals surface area contributed by atoms with Crippen molar-refractivity contribution >= 4 is 28.5 Å². The van der Waals surface area contributed by atoms with Gasteiger partial charge in [0.15, 0.2) is 0 Å². The van der Waals surface area contributed by atoms with Crippen LogP contribution in [-0.2, 0) is 11.3 Å². The van der Waals surface area contributed by atoms with Gasteiger partial charge in [0.25, 0.3) is 0 Å². The number of halogens is 1. The second-order valence-electron chi connectivity index (χ2n) is 6.03. The molecule has 6 heteroatoms. The van der Waals surface area contributed by atoms with Gasteiger partial charge in [0.05, 0.1) is 29.7 Å². The molecule has 1 aromatic heterocycles. The van der Waals surface area contributed by atoms with Crippen LogP contribution in [0.2, 0.25) is 5.02 Å². The minimum absolute atomic E-state index is 0.127. The molecule has 0 aliphatic rings. The Morgan fingerprint density at radius 1 is 1.24 bits per heavy atom. The standard InChI is InChI=1S/C19H20ClN3O2/c1-12(21-13(2)24)19-22-16-9-5-6-10-17(16)23(19)11-18(25)14-7-3-4-8-15(14)20/h3-10,12,18,25H,11H2,1-2H3,(H,21,24)/t12-,18?/m0/s1. The highest BCUT2D eigenvalue weighted by atomic mass is 35.5. The molecular formula is C19H20ClN3O2. The first-order valence-corrected chi connectivity index (χ1v) is 8.50. The summed E-state index contributed by atoms with van der Waals surface area (Å²) in [5, 5.41) is 14.1. The van der Waals surface area contributed by atoms with Crippen LogP contribution in [0.1, 0.15) is 37.4 Å². The molecule has 0 aliphatic carbocycles. The Morgan fingerprint density at radius 2 is 1.92 bits per heavy atom. The number of rotatable bonds is 5. The van der Waals surface area contributed by atoms with Crippen LogP contribution >= 0.6 is 11.6 Å². The molecule has 1 amide bonds. The number of carbonyl (C=O) groups excluding carboxylic acids is 1. The van der Waals surface area contributed by atoms with Crippen molar-refractivity contribution in [2.75, 3.05) is 0 Å². The molecule has 0 spiro atoms. The Morgan fingerprint density at radius 3 is 2.64 bits per heavy atom. The predicted octanol–water partition coefficient (Wildman–Crippen LogP) is 3.62. The van der Waals surface area contributed by atoms with Gasteiger partial charge in [-0.15, -0.1) is 0 Å². The number of benzene rings is 2. The number of fused-ring (bicyclic) bond motifs is 1. The molecule has 2 atom stereocenters. The zero-order valence-corrected chi connectivity index (χ0v) is 14.9. The molecule has 0 saturated heterocycles. The van der Waals surface area contributed by atoms with Crippen molar-refractivity contribution in [3.05, 3.63) is 64.9 Å². The average Bonchev–Trinajstić information content (AvgIpc) is 2.93. The number of hydrogen-bond acceptors (Lipinski definition) is 3. The molecule has 2 aromatic carbocycles. The zero-order chi connectivity index (χ0) is 18.0. The maximum atomic E-state index is 11.4. The second kappa shape index (κ2) is 7.25. The number of imidazole rings is 1. The fraction of sp³-hybridized carbons (Fsp3) is 0.263. The Labute approximate surface area is 151 Å². The van der Waals surface area contributed by atoms with Crippen LogP contribution in [0.25, 0.3) is 11.0 Å². The summed E-state index contributed by atoms with van der Waals surface area (Å²) in [7, 11) is 0. The Hall–Kier alpha value is -2.37. The van der Waals surface area contributed by atoms with E-state index in [-0.39, 0.29) is 11.9 Å². The van der Waals surface area contributed by atoms with E-state index in [1.54, 1.807) is 6.07 Å². The molecule has 0 aliphatic heterocycles. The summed E-state index contributed by atoms with van der Waals surface area (Å²) in [6.45, 7) is 3.65. The van der Waals surface area contributed by atoms with E-state index >= 15 is 0 Å². The minimum Gasteiger partial charge on any atom is -0.386 e. The molecule has 3 rings (SSSR count). The number of hydrogen-bond donors (Lipinski definition) is 2. The minimum atomic E-state index is -0.783. The van der Waals surface area contributed by atoms with Crippen LogP contribution in [0.15, 0.2) is 48.5 Å². The summed E-state index contributed by atoms with van der Waals surface area (Å²) < 4.78 is 1.93. The summed E-state index contributed by atoms with van der Waals surface area (Å²) in [6, 6.07) is 14.7. The summed E-state index contributed by atoms with van der Waals surface area (Å²) in [5.74, 6) is 0.570. The lowest BCUT2D eigenvalue weighted by atomic mass is 10.1. The summed E-state index contributed by atoms with van der Waals surface area (Å²) in [6.07, 6.45) is -0.783. The topological polar surface area (TPSA) is 67.2 Å². The largest absolute Gasteiger partial charge is 0.386 e. The van der Waals surface area contributed by atoms with Gasteiger partial charge in [-0.2, -0.15) is 0 Å². The first kappa shape index (κ1) is 17.5. The fourth-order valence-electron chi connectivity index (χ4n) is 3.00. The van der Waals surface area contributed by atoms with Gasteiger partial charge in [0.2, 0.25) is 5.91 Å². The van der Waals surface area contributed by atoms with Crippen molar-refractivity contribution in [2.45, 2.75) is 32.5 Å². The van der Waals surface area contributed by atoms with E-state index in [4.69, 9.17) is 11.6 Å². The number of para-hydroxylation sites is 2. The molecule has 0 saturated carbocycles. The maximum Gasteiger partial charge on any atom is 0.217 e. The third-order valence-corrected chi connectivity index (χ3v) is 4.46. The van der Waals surface area contributed by atoms with E-state index in [2.05, 4.69) is 10.3 Å². The third kappa shape index (κ3) is 3.67. The normalized spacial score (nSPS) is 13.6. The number of nitrogens with one attached hydrogen (secondary N) is 1. The SMILES string of the molecule is CC(=O)N[C@@H](C)c1nc2ccccc2n1CC(O)c1ccccc1Cl. The third-order valence-electron chi connectivity index (χ3n) is 4.11. The first-order chi connectivity index (χ1) is 12.0. The summed E-state index contributed by atoms with van der Waals surface area (Å²) in [5.41, 5.74) is 2.39. The van der Waals surface area contributed by atoms with Gasteiger partial charge in [-0.3, -0.25) is 4.79 Å². The Balaban J connectivity index is 2.01. The highest BCUT2D eigenvalue weighted by molar-refractivity contribution is 6.31. The first-order valence-electron chi connectivity index (χ1n) is 8.12. The van der Waals surface area contributed by atoms with Crippen LogP contribution in [0.5, 0.6) is 0 Å². The molecule has 3 aromatic rings. The number of nitrogens with zero attached hydrogens (tertiary/aromatic N) is 2. The molecule has 130 valence electrons. The van der Waals surface area contributed by atoms with Crippen molar-refractivity contribution in [3.8, 4) is 0 Å². The molecule has 1 heterocycles. The summed E-state index contributed by atoms with van der Waals surface area (Å²) in [4.78, 5) is 16.1. The van der Waals surface area contributed by atoms with Gasteiger partial charge >= 0.3 is 0 Å². The van der Waals surface area contributed by atoms with Crippen molar-refractivity contribution in [1.29, 1.82) is 0 Å². The monoisotopic (exact) mass is 357 g/mol. The number of aliphatic hydroxyl groups excluding tert-OH is 1. The molecule has 25 heavy (non-hydrogen) atoms. The fourth-order valence-corrected chi connectivity index (χ4v) is 3.26. The van der Waals surface area contributed by atoms with Gasteiger partial charge in [-0.05, 0) is 25.1 Å². The zero-order valence-electron chi connectivity index (χ0n) is 14.1. The lowest BCUT2D eigenvalue weighted by Gasteiger charge is -2.19. The highest BCUT2D eigenvalue weighted by Gasteiger charge is 2.20. The number of carbonyl (C=O) groups is 1. The quantitative estimate of drug-likeness (QED) is 0.732. The summed E-state index contributed by atoms with van der Waals surface area (Å²) >= 11 is 6.21. The molecule has 0 fully saturated rings. The molecule has 5 nitrogen and oxygen atoms in total. The molecule has 0 radical (unpaired) electrons. The van der Waals surface area contributed by atoms with Crippen molar-refractivity contribution in [2.24, 2.45) is 0 Å². The van der Waals surface area contributed by atoms with Gasteiger partial charge in [0.1, 0.15) is 5.82 Å². The molecule has 0 bridgehead atoms. The average molecular weight is 358 g/mol. The smallest absolute Gasteiger partial charge is 0.217 e. The van der Waals surface area contributed by atoms with Gasteiger partial charge in [-0.25, -0.2) is 4.98 Å². The van der Waals surface area contributed by atoms with Crippen LogP contribution in [0, 0.1) is 0 Å². The molecular weight excluding hydrogens is 338 g/mol. The van der Waals surface area contributed by atoms with E-state index in [0.717, 1.165) is 11.0 Å².